The van der Waals surface area contributed by atoms with Gasteiger partial charge in [0, 0.05) is 35.1 Å². The van der Waals surface area contributed by atoms with Crippen molar-refractivity contribution in [3.05, 3.63) is 247 Å². The summed E-state index contributed by atoms with van der Waals surface area (Å²) < 4.78 is 0. The normalized spacial score (nSPS) is 10.6. The Morgan fingerprint density at radius 3 is 1.48 bits per heavy atom. The molecule has 0 aliphatic heterocycles. The third-order valence-corrected chi connectivity index (χ3v) is 11.0. The lowest BCUT2D eigenvalue weighted by molar-refractivity contribution is 1.21. The number of nitrogens with one attached hydrogen (secondary N) is 1. The minimum Gasteiger partial charge on any atom is -0.344 e. The molecule has 0 spiro atoms. The zero-order chi connectivity index (χ0) is 42.0. The van der Waals surface area contributed by atoms with Gasteiger partial charge in [-0.2, -0.15) is 0 Å². The molecule has 0 heterocycles. The van der Waals surface area contributed by atoms with Crippen molar-refractivity contribution in [2.75, 3.05) is 11.9 Å². The van der Waals surface area contributed by atoms with Crippen LogP contribution in [0.3, 0.4) is 0 Å². The molecule has 0 amide bonds. The topological polar surface area (TPSA) is 39.5 Å². The average Bonchev–Trinajstić information content (AvgIpc) is 3.34. The summed E-state index contributed by atoms with van der Waals surface area (Å²) in [4.78, 5) is 6.41. The largest absolute Gasteiger partial charge is 0.344 e. The van der Waals surface area contributed by atoms with Crippen LogP contribution in [0.1, 0.15) is 16.7 Å². The van der Waals surface area contributed by atoms with Gasteiger partial charge in [0.1, 0.15) is 0 Å². The number of nitrogens with zero attached hydrogens (tertiary/aromatic N) is 2. The van der Waals surface area contributed by atoms with Gasteiger partial charge >= 0.3 is 0 Å². The van der Waals surface area contributed by atoms with Gasteiger partial charge in [0.15, 0.2) is 0 Å². The number of aryl methyl sites for hydroxylation is 1. The highest BCUT2D eigenvalue weighted by Crippen LogP contribution is 2.51. The minimum atomic E-state index is 0.407. The van der Waals surface area contributed by atoms with Crippen molar-refractivity contribution in [3.63, 3.8) is 0 Å². The molecule has 3 nitrogen and oxygen atoms in total. The first kappa shape index (κ1) is 39.9. The maximum Gasteiger partial charge on any atom is 0.0716 e. The van der Waals surface area contributed by atoms with E-state index in [1.54, 1.807) is 0 Å². The van der Waals surface area contributed by atoms with Crippen LogP contribution in [0, 0.1) is 12.3 Å². The van der Waals surface area contributed by atoms with E-state index in [9.17, 15) is 0 Å². The first-order valence-electron chi connectivity index (χ1n) is 20.5. The minimum absolute atomic E-state index is 0.407. The Hall–Kier alpha value is -7.88. The zero-order valence-electron chi connectivity index (χ0n) is 34.5. The SMILES string of the molecule is C=Nc1ccccc1C(=N)c1cccc(N(C)c2ccccc2-c2cc(-c3ccccc3)c(-c3ccccc3)c(-c3ccccc3)c2-c2ccccc2)c1.Cc1ccccc1. The molecule has 294 valence electrons. The number of benzene rings is 9. The van der Waals surface area contributed by atoms with Crippen molar-refractivity contribution in [1.29, 1.82) is 5.41 Å². The maximum atomic E-state index is 9.15. The van der Waals surface area contributed by atoms with Crippen molar-refractivity contribution in [1.82, 2.24) is 0 Å². The molecular formula is C58H47N3. The van der Waals surface area contributed by atoms with Gasteiger partial charge in [0.05, 0.1) is 11.4 Å². The van der Waals surface area contributed by atoms with Crippen molar-refractivity contribution in [3.8, 4) is 55.6 Å². The molecule has 0 saturated heterocycles. The highest BCUT2D eigenvalue weighted by atomic mass is 15.1. The van der Waals surface area contributed by atoms with Gasteiger partial charge in [-0.25, -0.2) is 0 Å². The van der Waals surface area contributed by atoms with E-state index in [2.05, 4.69) is 207 Å². The lowest BCUT2D eigenvalue weighted by Crippen LogP contribution is -2.12. The molecule has 0 saturated carbocycles. The summed E-state index contributed by atoms with van der Waals surface area (Å²) >= 11 is 0. The van der Waals surface area contributed by atoms with Gasteiger partial charge in [-0.05, 0) is 94.0 Å². The van der Waals surface area contributed by atoms with E-state index in [0.29, 0.717) is 11.4 Å². The molecule has 0 aromatic heterocycles. The Morgan fingerprint density at radius 1 is 0.443 bits per heavy atom. The predicted octanol–water partition coefficient (Wildman–Crippen LogP) is 15.5. The van der Waals surface area contributed by atoms with Gasteiger partial charge < -0.3 is 4.90 Å². The molecule has 1 N–H and O–H groups in total. The Morgan fingerprint density at radius 2 is 0.918 bits per heavy atom. The fourth-order valence-electron chi connectivity index (χ4n) is 7.96. The molecular weight excluding hydrogens is 739 g/mol. The maximum absolute atomic E-state index is 9.15. The van der Waals surface area contributed by atoms with Crippen LogP contribution in [0.15, 0.2) is 236 Å². The second-order valence-electron chi connectivity index (χ2n) is 14.9. The molecule has 3 heteroatoms. The Kier molecular flexibility index (Phi) is 12.3. The summed E-state index contributed by atoms with van der Waals surface area (Å²) in [6.07, 6.45) is 0. The monoisotopic (exact) mass is 785 g/mol. The summed E-state index contributed by atoms with van der Waals surface area (Å²) in [6, 6.07) is 80.3. The molecule has 61 heavy (non-hydrogen) atoms. The predicted molar refractivity (Wildman–Crippen MR) is 261 cm³/mol. The van der Waals surface area contributed by atoms with Gasteiger partial charge in [0.2, 0.25) is 0 Å². The van der Waals surface area contributed by atoms with Crippen molar-refractivity contribution in [2.24, 2.45) is 4.99 Å². The van der Waals surface area contributed by atoms with Crippen LogP contribution in [0.2, 0.25) is 0 Å². The number of para-hydroxylation sites is 2. The number of hydrogen-bond acceptors (Lipinski definition) is 3. The van der Waals surface area contributed by atoms with E-state index in [4.69, 9.17) is 5.41 Å². The molecule has 0 aliphatic carbocycles. The Labute approximate surface area is 360 Å². The van der Waals surface area contributed by atoms with E-state index in [1.165, 1.54) is 22.3 Å². The van der Waals surface area contributed by atoms with Crippen LogP contribution in [0.25, 0.3) is 55.6 Å². The summed E-state index contributed by atoms with van der Waals surface area (Å²) in [7, 11) is 2.11. The molecule has 9 aromatic carbocycles. The second kappa shape index (κ2) is 18.8. The third-order valence-electron chi connectivity index (χ3n) is 11.0. The smallest absolute Gasteiger partial charge is 0.0716 e. The first-order valence-corrected chi connectivity index (χ1v) is 20.5. The molecule has 0 aliphatic rings. The second-order valence-corrected chi connectivity index (χ2v) is 14.9. The summed E-state index contributed by atoms with van der Waals surface area (Å²) in [5.41, 5.74) is 17.6. The van der Waals surface area contributed by atoms with Gasteiger partial charge in [0.25, 0.3) is 0 Å². The molecule has 0 bridgehead atoms. The number of anilines is 2. The van der Waals surface area contributed by atoms with E-state index in [1.807, 2.05) is 54.6 Å². The molecule has 0 radical (unpaired) electrons. The summed E-state index contributed by atoms with van der Waals surface area (Å²) in [6.45, 7) is 5.82. The van der Waals surface area contributed by atoms with Crippen molar-refractivity contribution in [2.45, 2.75) is 6.92 Å². The fraction of sp³-hybridized carbons (Fsp3) is 0.0345. The van der Waals surface area contributed by atoms with Crippen LogP contribution in [0.5, 0.6) is 0 Å². The molecule has 0 unspecified atom stereocenters. The van der Waals surface area contributed by atoms with Gasteiger partial charge in [-0.1, -0.05) is 206 Å². The highest BCUT2D eigenvalue weighted by Gasteiger charge is 2.25. The van der Waals surface area contributed by atoms with Gasteiger partial charge in [-0.15, -0.1) is 0 Å². The highest BCUT2D eigenvalue weighted by molar-refractivity contribution is 6.14. The lowest BCUT2D eigenvalue weighted by Gasteiger charge is -2.28. The van der Waals surface area contributed by atoms with Crippen molar-refractivity contribution < 1.29 is 0 Å². The quantitative estimate of drug-likeness (QED) is 0.138. The van der Waals surface area contributed by atoms with Crippen LogP contribution < -0.4 is 4.90 Å². The van der Waals surface area contributed by atoms with E-state index >= 15 is 0 Å². The first-order chi connectivity index (χ1) is 30.0. The Bertz CT molecular complexity index is 2890. The van der Waals surface area contributed by atoms with Crippen LogP contribution >= 0.6 is 0 Å². The van der Waals surface area contributed by atoms with Gasteiger partial charge in [-0.3, -0.25) is 10.4 Å². The number of aliphatic imine (C=N–C) groups is 1. The standard InChI is InChI=1S/C51H39N3.C7H8/c1-53-46-32-17-15-31-43(46)51(52)40-28-19-29-41(34-40)54(2)47-33-18-16-30-42(47)45-35-44(36-20-7-3-8-21-36)48(37-22-9-4-10-23-37)50(39-26-13-6-14-27-39)49(45)38-24-11-5-12-25-38;1-7-5-3-2-4-6-7/h3-35,52H,1H2,2H3;2-6H,1H3. The average molecular weight is 786 g/mol. The molecule has 0 atom stereocenters. The zero-order valence-corrected chi connectivity index (χ0v) is 34.5. The number of rotatable bonds is 10. The van der Waals surface area contributed by atoms with Crippen molar-refractivity contribution >= 4 is 29.5 Å². The van der Waals surface area contributed by atoms with E-state index in [0.717, 1.165) is 61.4 Å². The van der Waals surface area contributed by atoms with Crippen LogP contribution in [-0.2, 0) is 0 Å². The lowest BCUT2D eigenvalue weighted by atomic mass is 9.78. The molecule has 9 rings (SSSR count). The molecule has 0 fully saturated rings. The van der Waals surface area contributed by atoms with Crippen LogP contribution in [-0.4, -0.2) is 19.5 Å². The Balaban J connectivity index is 0.000000668. The van der Waals surface area contributed by atoms with E-state index in [-0.39, 0.29) is 0 Å². The molecule has 9 aromatic rings. The fourth-order valence-corrected chi connectivity index (χ4v) is 7.96. The van der Waals surface area contributed by atoms with E-state index < -0.39 is 0 Å². The third kappa shape index (κ3) is 8.78. The number of hydrogen-bond donors (Lipinski definition) is 1. The summed E-state index contributed by atoms with van der Waals surface area (Å²) in [5, 5.41) is 9.15. The van der Waals surface area contributed by atoms with Crippen LogP contribution in [0.4, 0.5) is 17.1 Å². The summed E-state index contributed by atoms with van der Waals surface area (Å²) in [5.74, 6) is 0.